The van der Waals surface area contributed by atoms with E-state index in [2.05, 4.69) is 24.7 Å². The molecule has 0 bridgehead atoms. The highest BCUT2D eigenvalue weighted by molar-refractivity contribution is 4.42. The van der Waals surface area contributed by atoms with Crippen LogP contribution < -0.4 is 10.9 Å². The van der Waals surface area contributed by atoms with Crippen LogP contribution in [0.4, 0.5) is 0 Å². The van der Waals surface area contributed by atoms with Gasteiger partial charge in [-0.15, -0.1) is 0 Å². The Hall–Kier alpha value is -0.0800. The molecule has 2 heteroatoms. The molecule has 0 spiro atoms. The molecule has 0 fully saturated rings. The van der Waals surface area contributed by atoms with Crippen LogP contribution in [-0.2, 0) is 0 Å². The Balaban J connectivity index is 2.68. The van der Waals surface area contributed by atoms with Crippen LogP contribution in [-0.4, -0.2) is 13.6 Å². The molecule has 0 rings (SSSR count). The molecule has 0 aliphatic carbocycles. The van der Waals surface area contributed by atoms with Gasteiger partial charge in [-0.05, 0) is 5.92 Å². The van der Waals surface area contributed by atoms with Gasteiger partial charge in [-0.3, -0.25) is 0 Å². The van der Waals surface area contributed by atoms with Gasteiger partial charge in [-0.1, -0.05) is 13.8 Å². The number of hydrogen-bond acceptors (Lipinski definition) is 1. The summed E-state index contributed by atoms with van der Waals surface area (Å²) in [6.45, 7) is 5.19. The van der Waals surface area contributed by atoms with Crippen molar-refractivity contribution in [3.05, 3.63) is 0 Å². The van der Waals surface area contributed by atoms with Crippen molar-refractivity contribution < 1.29 is 0 Å². The summed E-state index contributed by atoms with van der Waals surface area (Å²) in [4.78, 5) is 0. The van der Waals surface area contributed by atoms with Gasteiger partial charge < -0.3 is 0 Å². The quantitative estimate of drug-likeness (QED) is 0.511. The summed E-state index contributed by atoms with van der Waals surface area (Å²) in [5.41, 5.74) is 6.65. The Morgan fingerprint density at radius 1 is 1.57 bits per heavy atom. The molecule has 0 heterocycles. The van der Waals surface area contributed by atoms with Crippen molar-refractivity contribution in [2.75, 3.05) is 13.6 Å². The van der Waals surface area contributed by atoms with E-state index in [0.29, 0.717) is 5.92 Å². The van der Waals surface area contributed by atoms with Gasteiger partial charge in [0.1, 0.15) is 0 Å². The van der Waals surface area contributed by atoms with Gasteiger partial charge in [0, 0.05) is 13.6 Å². The first-order valence-electron chi connectivity index (χ1n) is 2.60. The van der Waals surface area contributed by atoms with Gasteiger partial charge >= 0.3 is 0 Å². The minimum atomic E-state index is 0.674. The second kappa shape index (κ2) is 4.09. The smallest absolute Gasteiger partial charge is 0.0327 e. The van der Waals surface area contributed by atoms with Gasteiger partial charge in [0.05, 0.1) is 0 Å². The number of rotatable bonds is 3. The van der Waals surface area contributed by atoms with Crippen LogP contribution in [0.3, 0.4) is 0 Å². The fraction of sp³-hybridized carbons (Fsp3) is 1.00. The number of nitrogens with zero attached hydrogens (tertiary/aromatic N) is 1. The molecular formula is C5H13N2. The minimum absolute atomic E-state index is 0.674. The fourth-order valence-electron chi connectivity index (χ4n) is 0.274. The molecule has 43 valence electrons. The van der Waals surface area contributed by atoms with Crippen LogP contribution in [0.1, 0.15) is 13.8 Å². The Morgan fingerprint density at radius 3 is 2.29 bits per heavy atom. The largest absolute Gasteiger partial charge is 0.243 e. The molecule has 0 unspecified atom stereocenters. The first-order chi connectivity index (χ1) is 3.27. The summed E-state index contributed by atoms with van der Waals surface area (Å²) >= 11 is 0. The number of nitrogens with one attached hydrogen (secondary N) is 1. The maximum absolute atomic E-state index is 3.92. The first-order valence-corrected chi connectivity index (χ1v) is 2.60. The predicted octanol–water partition coefficient (Wildman–Crippen LogP) is 0.381. The molecule has 0 aromatic carbocycles. The van der Waals surface area contributed by atoms with Crippen LogP contribution in [0.15, 0.2) is 0 Å². The zero-order valence-electron chi connectivity index (χ0n) is 5.23. The van der Waals surface area contributed by atoms with E-state index in [-0.39, 0.29) is 0 Å². The van der Waals surface area contributed by atoms with Gasteiger partial charge in [-0.25, -0.2) is 5.43 Å². The molecule has 0 saturated heterocycles. The third-order valence-electron chi connectivity index (χ3n) is 0.615. The zero-order chi connectivity index (χ0) is 5.70. The monoisotopic (exact) mass is 101 g/mol. The molecule has 0 atom stereocenters. The lowest BCUT2D eigenvalue weighted by Crippen LogP contribution is -2.23. The maximum atomic E-state index is 3.92. The summed E-state index contributed by atoms with van der Waals surface area (Å²) in [6, 6.07) is 0. The molecule has 0 aliphatic rings. The molecule has 1 N–H and O–H groups in total. The molecule has 0 saturated carbocycles. The molecule has 1 radical (unpaired) electrons. The lowest BCUT2D eigenvalue weighted by Gasteiger charge is -2.00. The van der Waals surface area contributed by atoms with Crippen LogP contribution >= 0.6 is 0 Å². The third kappa shape index (κ3) is 5.92. The molecule has 0 aliphatic heterocycles. The van der Waals surface area contributed by atoms with Crippen LogP contribution in [0.2, 0.25) is 0 Å². The second-order valence-corrected chi connectivity index (χ2v) is 1.96. The van der Waals surface area contributed by atoms with Crippen LogP contribution in [0, 0.1) is 5.92 Å². The lowest BCUT2D eigenvalue weighted by molar-refractivity contribution is 0.494. The normalized spacial score (nSPS) is 10.3. The van der Waals surface area contributed by atoms with Gasteiger partial charge in [0.25, 0.3) is 0 Å². The summed E-state index contributed by atoms with van der Waals surface area (Å²) < 4.78 is 0. The van der Waals surface area contributed by atoms with Crippen LogP contribution in [0.25, 0.3) is 0 Å². The summed E-state index contributed by atoms with van der Waals surface area (Å²) in [5.74, 6) is 0.674. The van der Waals surface area contributed by atoms with Gasteiger partial charge in [0.2, 0.25) is 0 Å². The Morgan fingerprint density at radius 2 is 2.14 bits per heavy atom. The van der Waals surface area contributed by atoms with Crippen molar-refractivity contribution in [1.29, 1.82) is 0 Å². The van der Waals surface area contributed by atoms with Crippen LogP contribution in [0.5, 0.6) is 0 Å². The van der Waals surface area contributed by atoms with E-state index >= 15 is 0 Å². The van der Waals surface area contributed by atoms with Crippen molar-refractivity contribution >= 4 is 0 Å². The number of hydrogen-bond donors (Lipinski definition) is 1. The van der Waals surface area contributed by atoms with E-state index in [1.54, 1.807) is 0 Å². The maximum Gasteiger partial charge on any atom is 0.0327 e. The van der Waals surface area contributed by atoms with E-state index in [0.717, 1.165) is 6.54 Å². The van der Waals surface area contributed by atoms with Crippen molar-refractivity contribution in [1.82, 2.24) is 10.9 Å². The highest BCUT2D eigenvalue weighted by Crippen LogP contribution is 1.85. The van der Waals surface area contributed by atoms with Crippen molar-refractivity contribution in [3.8, 4) is 0 Å². The van der Waals surface area contributed by atoms with Crippen molar-refractivity contribution in [3.63, 3.8) is 0 Å². The van der Waals surface area contributed by atoms with E-state index in [4.69, 9.17) is 0 Å². The summed E-state index contributed by atoms with van der Waals surface area (Å²) in [7, 11) is 1.82. The molecule has 2 nitrogen and oxygen atoms in total. The second-order valence-electron chi connectivity index (χ2n) is 1.96. The Bertz CT molecular complexity index is 35.1. The zero-order valence-corrected chi connectivity index (χ0v) is 5.23. The molecule has 0 aromatic heterocycles. The third-order valence-corrected chi connectivity index (χ3v) is 0.615. The molecule has 0 aromatic rings. The lowest BCUT2D eigenvalue weighted by atomic mass is 10.2. The summed E-state index contributed by atoms with van der Waals surface area (Å²) in [6.07, 6.45) is 0. The van der Waals surface area contributed by atoms with E-state index in [1.165, 1.54) is 0 Å². The topological polar surface area (TPSA) is 26.1 Å². The molecule has 7 heavy (non-hydrogen) atoms. The average molecular weight is 101 g/mol. The van der Waals surface area contributed by atoms with Gasteiger partial charge in [0.15, 0.2) is 0 Å². The van der Waals surface area contributed by atoms with E-state index in [9.17, 15) is 0 Å². The standard InChI is InChI=1S/C5H13N2/c1-5(2)4-7-6-3/h5-6H,4H2,1-3H3. The highest BCUT2D eigenvalue weighted by Gasteiger charge is 1.88. The summed E-state index contributed by atoms with van der Waals surface area (Å²) in [5, 5.41) is 0. The Kier molecular flexibility index (Phi) is 4.04. The van der Waals surface area contributed by atoms with E-state index in [1.807, 2.05) is 7.05 Å². The van der Waals surface area contributed by atoms with Crippen molar-refractivity contribution in [2.45, 2.75) is 13.8 Å². The fourth-order valence-corrected chi connectivity index (χ4v) is 0.274. The van der Waals surface area contributed by atoms with Crippen molar-refractivity contribution in [2.24, 2.45) is 5.92 Å². The highest BCUT2D eigenvalue weighted by atomic mass is 15.3. The first kappa shape index (κ1) is 6.92. The van der Waals surface area contributed by atoms with E-state index < -0.39 is 0 Å². The Labute approximate surface area is 45.3 Å². The predicted molar refractivity (Wildman–Crippen MR) is 30.9 cm³/mol. The molecular weight excluding hydrogens is 88.1 g/mol. The average Bonchev–Trinajstić information content (AvgIpc) is 1.61. The van der Waals surface area contributed by atoms with Gasteiger partial charge in [-0.2, -0.15) is 5.43 Å². The molecule has 0 amide bonds. The SMILES string of the molecule is CN[N]CC(C)C. The minimum Gasteiger partial charge on any atom is -0.243 e.